The van der Waals surface area contributed by atoms with Gasteiger partial charge in [-0.25, -0.2) is 8.42 Å². The predicted octanol–water partition coefficient (Wildman–Crippen LogP) is 3.00. The molecule has 2 aromatic carbocycles. The molecule has 1 fully saturated rings. The van der Waals surface area contributed by atoms with Crippen LogP contribution >= 0.6 is 23.2 Å². The number of carbonyl (C=O) groups excluding carboxylic acids is 1. The molecule has 0 radical (unpaired) electrons. The molecule has 8 heteroatoms. The number of hydrogen-bond donors (Lipinski definition) is 1. The standard InChI is InChI=1S/C17H16Cl2N2O3S/c18-13-7-5-12(6-8-13)11-25(23,24)21-10-9-20-17(22)16(21)14-3-1-2-4-15(14)19/h1-8,16H,9-11H2,(H,20,22). The molecule has 3 rings (SSSR count). The molecule has 1 N–H and O–H groups in total. The lowest BCUT2D eigenvalue weighted by Gasteiger charge is -2.34. The van der Waals surface area contributed by atoms with E-state index in [9.17, 15) is 13.2 Å². The van der Waals surface area contributed by atoms with Gasteiger partial charge in [0.15, 0.2) is 0 Å². The number of hydrogen-bond acceptors (Lipinski definition) is 3. The van der Waals surface area contributed by atoms with Gasteiger partial charge in [-0.2, -0.15) is 4.31 Å². The number of sulfonamides is 1. The Labute approximate surface area is 156 Å². The first-order valence-corrected chi connectivity index (χ1v) is 10.0. The summed E-state index contributed by atoms with van der Waals surface area (Å²) in [4.78, 5) is 12.4. The maximum Gasteiger partial charge on any atom is 0.243 e. The number of piperazine rings is 1. The largest absolute Gasteiger partial charge is 0.353 e. The molecule has 25 heavy (non-hydrogen) atoms. The van der Waals surface area contributed by atoms with Crippen LogP contribution in [0, 0.1) is 0 Å². The number of amides is 1. The monoisotopic (exact) mass is 398 g/mol. The van der Waals surface area contributed by atoms with E-state index in [4.69, 9.17) is 23.2 Å². The molecule has 132 valence electrons. The SMILES string of the molecule is O=C1NCCN(S(=O)(=O)Cc2ccc(Cl)cc2)C1c1ccccc1Cl. The van der Waals surface area contributed by atoms with Gasteiger partial charge in [-0.15, -0.1) is 0 Å². The Morgan fingerprint density at radius 1 is 1.08 bits per heavy atom. The van der Waals surface area contributed by atoms with Crippen LogP contribution in [-0.2, 0) is 20.6 Å². The Morgan fingerprint density at radius 3 is 2.44 bits per heavy atom. The second kappa shape index (κ2) is 7.33. The third-order valence-corrected chi connectivity index (χ3v) is 6.39. The van der Waals surface area contributed by atoms with Crippen LogP contribution in [0.15, 0.2) is 48.5 Å². The van der Waals surface area contributed by atoms with Gasteiger partial charge in [0.2, 0.25) is 15.9 Å². The fourth-order valence-corrected chi connectivity index (χ4v) is 4.86. The van der Waals surface area contributed by atoms with Crippen molar-refractivity contribution in [3.63, 3.8) is 0 Å². The topological polar surface area (TPSA) is 66.5 Å². The van der Waals surface area contributed by atoms with Gasteiger partial charge in [-0.05, 0) is 29.3 Å². The number of carbonyl (C=O) groups is 1. The second-order valence-corrected chi connectivity index (χ2v) is 8.47. The first-order chi connectivity index (χ1) is 11.9. The lowest BCUT2D eigenvalue weighted by atomic mass is 10.0. The van der Waals surface area contributed by atoms with Crippen LogP contribution in [0.3, 0.4) is 0 Å². The van der Waals surface area contributed by atoms with Crippen LogP contribution in [-0.4, -0.2) is 31.7 Å². The van der Waals surface area contributed by atoms with Gasteiger partial charge >= 0.3 is 0 Å². The Balaban J connectivity index is 1.95. The van der Waals surface area contributed by atoms with E-state index in [-0.39, 0.29) is 24.7 Å². The van der Waals surface area contributed by atoms with E-state index in [0.717, 1.165) is 0 Å². The van der Waals surface area contributed by atoms with Gasteiger partial charge in [-0.1, -0.05) is 53.5 Å². The van der Waals surface area contributed by atoms with E-state index in [1.165, 1.54) is 4.31 Å². The van der Waals surface area contributed by atoms with Crippen LogP contribution in [0.25, 0.3) is 0 Å². The van der Waals surface area contributed by atoms with Crippen LogP contribution in [0.4, 0.5) is 0 Å². The maximum atomic E-state index is 13.0. The fourth-order valence-electron chi connectivity index (χ4n) is 2.81. The molecule has 5 nitrogen and oxygen atoms in total. The number of halogens is 2. The molecule has 1 unspecified atom stereocenters. The molecule has 0 spiro atoms. The highest BCUT2D eigenvalue weighted by atomic mass is 35.5. The molecule has 1 saturated heterocycles. The van der Waals surface area contributed by atoms with Gasteiger partial charge in [-0.3, -0.25) is 4.79 Å². The number of benzene rings is 2. The average molecular weight is 399 g/mol. The highest BCUT2D eigenvalue weighted by molar-refractivity contribution is 7.88. The van der Waals surface area contributed by atoms with Crippen molar-refractivity contribution in [1.82, 2.24) is 9.62 Å². The summed E-state index contributed by atoms with van der Waals surface area (Å²) in [6.45, 7) is 0.456. The van der Waals surface area contributed by atoms with Crippen molar-refractivity contribution in [1.29, 1.82) is 0 Å². The first-order valence-electron chi connectivity index (χ1n) is 7.64. The molecule has 2 aromatic rings. The Kier molecular flexibility index (Phi) is 5.34. The Hall–Kier alpha value is -1.60. The van der Waals surface area contributed by atoms with E-state index in [1.54, 1.807) is 48.5 Å². The summed E-state index contributed by atoms with van der Waals surface area (Å²) < 4.78 is 27.1. The van der Waals surface area contributed by atoms with E-state index in [1.807, 2.05) is 0 Å². The van der Waals surface area contributed by atoms with Gasteiger partial charge in [0, 0.05) is 23.1 Å². The average Bonchev–Trinajstić information content (AvgIpc) is 2.57. The summed E-state index contributed by atoms with van der Waals surface area (Å²) in [5.74, 6) is -0.586. The summed E-state index contributed by atoms with van der Waals surface area (Å²) >= 11 is 12.0. The summed E-state index contributed by atoms with van der Waals surface area (Å²) in [7, 11) is -3.73. The third-order valence-electron chi connectivity index (χ3n) is 3.99. The minimum absolute atomic E-state index is 0.192. The minimum Gasteiger partial charge on any atom is -0.353 e. The Bertz CT molecular complexity index is 885. The zero-order chi connectivity index (χ0) is 18.0. The van der Waals surface area contributed by atoms with Crippen molar-refractivity contribution < 1.29 is 13.2 Å². The lowest BCUT2D eigenvalue weighted by Crippen LogP contribution is -2.52. The molecule has 0 bridgehead atoms. The van der Waals surface area contributed by atoms with Crippen LogP contribution < -0.4 is 5.32 Å². The number of rotatable bonds is 4. The van der Waals surface area contributed by atoms with Gasteiger partial charge < -0.3 is 5.32 Å². The highest BCUT2D eigenvalue weighted by Gasteiger charge is 2.39. The molecule has 1 amide bonds. The fraction of sp³-hybridized carbons (Fsp3) is 0.235. The van der Waals surface area contributed by atoms with E-state index < -0.39 is 16.1 Å². The quantitative estimate of drug-likeness (QED) is 0.860. The van der Waals surface area contributed by atoms with Crippen molar-refractivity contribution in [3.05, 3.63) is 69.7 Å². The second-order valence-electron chi connectivity index (χ2n) is 5.71. The molecule has 1 aliphatic rings. The smallest absolute Gasteiger partial charge is 0.243 e. The van der Waals surface area contributed by atoms with Crippen molar-refractivity contribution in [3.8, 4) is 0 Å². The summed E-state index contributed by atoms with van der Waals surface area (Å²) in [6, 6.07) is 12.4. The molecule has 0 aromatic heterocycles. The van der Waals surface area contributed by atoms with Crippen LogP contribution in [0.2, 0.25) is 10.0 Å². The van der Waals surface area contributed by atoms with E-state index in [0.29, 0.717) is 21.2 Å². The number of nitrogens with zero attached hydrogens (tertiary/aromatic N) is 1. The normalized spacial score (nSPS) is 18.8. The summed E-state index contributed by atoms with van der Waals surface area (Å²) in [5.41, 5.74) is 1.08. The molecule has 1 aliphatic heterocycles. The highest BCUT2D eigenvalue weighted by Crippen LogP contribution is 2.32. The molecule has 1 atom stereocenters. The summed E-state index contributed by atoms with van der Waals surface area (Å²) in [6.07, 6.45) is 0. The van der Waals surface area contributed by atoms with E-state index >= 15 is 0 Å². The predicted molar refractivity (Wildman–Crippen MR) is 98.0 cm³/mol. The van der Waals surface area contributed by atoms with Crippen LogP contribution in [0.1, 0.15) is 17.2 Å². The van der Waals surface area contributed by atoms with Gasteiger partial charge in [0.05, 0.1) is 5.75 Å². The van der Waals surface area contributed by atoms with Crippen molar-refractivity contribution in [2.75, 3.05) is 13.1 Å². The Morgan fingerprint density at radius 2 is 1.76 bits per heavy atom. The van der Waals surface area contributed by atoms with Crippen molar-refractivity contribution in [2.45, 2.75) is 11.8 Å². The van der Waals surface area contributed by atoms with E-state index in [2.05, 4.69) is 5.32 Å². The molecule has 1 heterocycles. The number of nitrogens with one attached hydrogen (secondary N) is 1. The first kappa shape index (κ1) is 18.2. The van der Waals surface area contributed by atoms with Crippen LogP contribution in [0.5, 0.6) is 0 Å². The summed E-state index contributed by atoms with van der Waals surface area (Å²) in [5, 5.41) is 3.60. The van der Waals surface area contributed by atoms with Crippen molar-refractivity contribution >= 4 is 39.1 Å². The van der Waals surface area contributed by atoms with Crippen molar-refractivity contribution in [2.24, 2.45) is 0 Å². The molecular formula is C17H16Cl2N2O3S. The van der Waals surface area contributed by atoms with Gasteiger partial charge in [0.1, 0.15) is 6.04 Å². The molecular weight excluding hydrogens is 383 g/mol. The van der Waals surface area contributed by atoms with Gasteiger partial charge in [0.25, 0.3) is 0 Å². The third kappa shape index (κ3) is 3.98. The molecule has 0 saturated carbocycles. The molecule has 0 aliphatic carbocycles. The zero-order valence-electron chi connectivity index (χ0n) is 13.2. The lowest BCUT2D eigenvalue weighted by molar-refractivity contribution is -0.126. The minimum atomic E-state index is -3.73. The maximum absolute atomic E-state index is 13.0. The zero-order valence-corrected chi connectivity index (χ0v) is 15.5.